The Morgan fingerprint density at radius 1 is 1.19 bits per heavy atom. The number of amides is 1. The van der Waals surface area contributed by atoms with Crippen LogP contribution >= 0.6 is 11.3 Å². The summed E-state index contributed by atoms with van der Waals surface area (Å²) in [4.78, 5) is 17.2. The number of nitrogens with zero attached hydrogens (tertiary/aromatic N) is 5. The lowest BCUT2D eigenvalue weighted by Gasteiger charge is -2.18. The van der Waals surface area contributed by atoms with Crippen LogP contribution in [-0.4, -0.2) is 51.5 Å². The number of aromatic nitrogens is 4. The van der Waals surface area contributed by atoms with E-state index in [9.17, 15) is 13.2 Å². The molecule has 2 heterocycles. The number of sulfonamides is 1. The summed E-state index contributed by atoms with van der Waals surface area (Å²) in [6.07, 6.45) is 1.58. The van der Waals surface area contributed by atoms with E-state index in [-0.39, 0.29) is 17.2 Å². The summed E-state index contributed by atoms with van der Waals surface area (Å²) in [5.74, 6) is 0.605. The Kier molecular flexibility index (Phi) is 7.39. The Morgan fingerprint density at radius 2 is 1.94 bits per heavy atom. The summed E-state index contributed by atoms with van der Waals surface area (Å²) in [5.41, 5.74) is 1.49. The van der Waals surface area contributed by atoms with Gasteiger partial charge in [0.2, 0.25) is 21.1 Å². The van der Waals surface area contributed by atoms with E-state index in [2.05, 4.69) is 32.0 Å². The number of imidazole rings is 1. The number of rotatable bonds is 10. The lowest BCUT2D eigenvalue weighted by atomic mass is 10.2. The predicted octanol–water partition coefficient (Wildman–Crippen LogP) is 3.21. The van der Waals surface area contributed by atoms with Gasteiger partial charge in [-0.25, -0.2) is 13.4 Å². The van der Waals surface area contributed by atoms with Crippen molar-refractivity contribution in [3.05, 3.63) is 29.0 Å². The molecule has 1 amide bonds. The molecule has 9 nitrogen and oxygen atoms in total. The molecule has 0 radical (unpaired) electrons. The average Bonchev–Trinajstić information content (AvgIpc) is 3.30. The van der Waals surface area contributed by atoms with E-state index in [4.69, 9.17) is 0 Å². The van der Waals surface area contributed by atoms with Gasteiger partial charge in [0, 0.05) is 32.5 Å². The maximum atomic E-state index is 12.9. The third-order valence-electron chi connectivity index (χ3n) is 4.94. The molecule has 0 spiro atoms. The van der Waals surface area contributed by atoms with E-state index < -0.39 is 10.0 Å². The van der Waals surface area contributed by atoms with Crippen molar-refractivity contribution in [2.45, 2.75) is 58.4 Å². The first-order valence-corrected chi connectivity index (χ1v) is 12.6. The first-order valence-electron chi connectivity index (χ1n) is 10.4. The summed E-state index contributed by atoms with van der Waals surface area (Å²) in [6, 6.07) is 5.07. The number of anilines is 1. The monoisotopic (exact) mass is 464 g/mol. The molecule has 0 saturated carbocycles. The number of hydrogen-bond donors (Lipinski definition) is 1. The fourth-order valence-electron chi connectivity index (χ4n) is 3.45. The van der Waals surface area contributed by atoms with E-state index in [0.717, 1.165) is 29.3 Å². The topological polar surface area (TPSA) is 110 Å². The molecule has 0 aliphatic heterocycles. The summed E-state index contributed by atoms with van der Waals surface area (Å²) in [7, 11) is -3.56. The molecule has 0 bridgehead atoms. The van der Waals surface area contributed by atoms with E-state index in [1.165, 1.54) is 15.6 Å². The minimum Gasteiger partial charge on any atom is -0.328 e. The highest BCUT2D eigenvalue weighted by Crippen LogP contribution is 2.24. The van der Waals surface area contributed by atoms with Gasteiger partial charge < -0.3 is 9.88 Å². The molecule has 3 aromatic rings. The highest BCUT2D eigenvalue weighted by molar-refractivity contribution is 7.89. The number of hydrogen-bond acceptors (Lipinski definition) is 7. The van der Waals surface area contributed by atoms with Crippen molar-refractivity contribution in [3.63, 3.8) is 0 Å². The molecule has 168 valence electrons. The Bertz CT molecular complexity index is 1170. The van der Waals surface area contributed by atoms with Gasteiger partial charge in [-0.3, -0.25) is 4.79 Å². The van der Waals surface area contributed by atoms with Gasteiger partial charge in [0.25, 0.3) is 0 Å². The largest absolute Gasteiger partial charge is 0.328 e. The molecule has 0 fully saturated rings. The summed E-state index contributed by atoms with van der Waals surface area (Å²) < 4.78 is 29.2. The molecule has 0 aliphatic rings. The zero-order chi connectivity index (χ0) is 22.6. The summed E-state index contributed by atoms with van der Waals surface area (Å²) in [5, 5.41) is 11.8. The van der Waals surface area contributed by atoms with Crippen LogP contribution in [0.4, 0.5) is 5.13 Å². The van der Waals surface area contributed by atoms with Crippen LogP contribution in [0.1, 0.15) is 44.4 Å². The highest BCUT2D eigenvalue weighted by Gasteiger charge is 2.23. The average molecular weight is 465 g/mol. The minimum atomic E-state index is -3.56. The Morgan fingerprint density at radius 3 is 2.55 bits per heavy atom. The third kappa shape index (κ3) is 5.10. The quantitative estimate of drug-likeness (QED) is 0.493. The van der Waals surface area contributed by atoms with Crippen LogP contribution in [0.3, 0.4) is 0 Å². The number of benzene rings is 1. The molecule has 1 aromatic carbocycles. The Balaban J connectivity index is 1.85. The normalized spacial score (nSPS) is 12.0. The van der Waals surface area contributed by atoms with Crippen molar-refractivity contribution in [1.29, 1.82) is 0 Å². The molecule has 31 heavy (non-hydrogen) atoms. The number of carbonyl (C=O) groups is 1. The second-order valence-electron chi connectivity index (χ2n) is 7.09. The van der Waals surface area contributed by atoms with Gasteiger partial charge in [-0.1, -0.05) is 32.1 Å². The number of aryl methyl sites for hydroxylation is 3. The predicted molar refractivity (Wildman–Crippen MR) is 122 cm³/mol. The van der Waals surface area contributed by atoms with Crippen LogP contribution in [-0.2, 0) is 27.8 Å². The van der Waals surface area contributed by atoms with Crippen LogP contribution in [0.2, 0.25) is 0 Å². The fraction of sp³-hybridized carbons (Fsp3) is 0.500. The first-order chi connectivity index (χ1) is 14.8. The summed E-state index contributed by atoms with van der Waals surface area (Å²) in [6.45, 7) is 9.11. The lowest BCUT2D eigenvalue weighted by molar-refractivity contribution is -0.116. The lowest BCUT2D eigenvalue weighted by Crippen LogP contribution is -2.30. The van der Waals surface area contributed by atoms with Crippen LogP contribution < -0.4 is 5.32 Å². The van der Waals surface area contributed by atoms with Crippen molar-refractivity contribution >= 4 is 43.4 Å². The first kappa shape index (κ1) is 23.3. The van der Waals surface area contributed by atoms with Crippen molar-refractivity contribution in [2.24, 2.45) is 0 Å². The van der Waals surface area contributed by atoms with E-state index in [1.54, 1.807) is 12.1 Å². The van der Waals surface area contributed by atoms with Crippen LogP contribution in [0, 0.1) is 6.92 Å². The van der Waals surface area contributed by atoms with Gasteiger partial charge in [-0.05, 0) is 31.5 Å². The molecule has 3 rings (SSSR count). The third-order valence-corrected chi connectivity index (χ3v) is 7.74. The second-order valence-corrected chi connectivity index (χ2v) is 10.2. The number of carbonyl (C=O) groups excluding carboxylic acids is 1. The smallest absolute Gasteiger partial charge is 0.243 e. The van der Waals surface area contributed by atoms with E-state index in [1.807, 2.05) is 26.8 Å². The summed E-state index contributed by atoms with van der Waals surface area (Å²) >= 11 is 1.33. The van der Waals surface area contributed by atoms with Crippen LogP contribution in [0.25, 0.3) is 11.0 Å². The van der Waals surface area contributed by atoms with Crippen molar-refractivity contribution in [1.82, 2.24) is 24.1 Å². The SMILES string of the molecule is CCCn1c(CCC(=O)Nc2nnc(C)s2)nc2cc(S(=O)(=O)N(CC)CC)ccc21. The van der Waals surface area contributed by atoms with Gasteiger partial charge in [-0.2, -0.15) is 4.31 Å². The molecule has 0 atom stereocenters. The highest BCUT2D eigenvalue weighted by atomic mass is 32.2. The molecular weight excluding hydrogens is 436 g/mol. The van der Waals surface area contributed by atoms with Gasteiger partial charge in [0.05, 0.1) is 15.9 Å². The number of nitrogens with one attached hydrogen (secondary N) is 1. The molecule has 1 N–H and O–H groups in total. The standard InChI is InChI=1S/C20H28N6O3S2/c1-5-12-26-17-9-8-15(31(28,29)25(6-2)7-3)13-16(17)21-18(26)10-11-19(27)22-20-24-23-14(4)30-20/h8-9,13H,5-7,10-12H2,1-4H3,(H,22,24,27). The van der Waals surface area contributed by atoms with E-state index >= 15 is 0 Å². The zero-order valence-electron chi connectivity index (χ0n) is 18.3. The Labute approximate surface area is 186 Å². The van der Waals surface area contributed by atoms with E-state index in [0.29, 0.717) is 30.2 Å². The van der Waals surface area contributed by atoms with Crippen LogP contribution in [0.15, 0.2) is 23.1 Å². The van der Waals surface area contributed by atoms with Crippen molar-refractivity contribution in [3.8, 4) is 0 Å². The molecule has 0 aliphatic carbocycles. The van der Waals surface area contributed by atoms with Gasteiger partial charge in [-0.15, -0.1) is 10.2 Å². The molecule has 2 aromatic heterocycles. The molecule has 0 saturated heterocycles. The second kappa shape index (κ2) is 9.84. The maximum absolute atomic E-state index is 12.9. The minimum absolute atomic E-state index is 0.156. The Hall–Kier alpha value is -2.37. The van der Waals surface area contributed by atoms with Gasteiger partial charge in [0.1, 0.15) is 10.8 Å². The molecular formula is C20H28N6O3S2. The van der Waals surface area contributed by atoms with Crippen LogP contribution in [0.5, 0.6) is 0 Å². The van der Waals surface area contributed by atoms with Gasteiger partial charge >= 0.3 is 0 Å². The molecule has 11 heteroatoms. The fourth-order valence-corrected chi connectivity index (χ4v) is 5.54. The van der Waals surface area contributed by atoms with Crippen molar-refractivity contribution < 1.29 is 13.2 Å². The maximum Gasteiger partial charge on any atom is 0.243 e. The number of fused-ring (bicyclic) bond motifs is 1. The van der Waals surface area contributed by atoms with Gasteiger partial charge in [0.15, 0.2) is 0 Å². The van der Waals surface area contributed by atoms with Crippen molar-refractivity contribution in [2.75, 3.05) is 18.4 Å². The molecule has 0 unspecified atom stereocenters. The zero-order valence-corrected chi connectivity index (χ0v) is 19.9.